The van der Waals surface area contributed by atoms with Crippen molar-refractivity contribution in [2.24, 2.45) is 0 Å². The van der Waals surface area contributed by atoms with Crippen LogP contribution in [0.3, 0.4) is 0 Å². The molecule has 1 aliphatic rings. The molecule has 20 heavy (non-hydrogen) atoms. The molecule has 0 unspecified atom stereocenters. The highest BCUT2D eigenvalue weighted by Crippen LogP contribution is 2.18. The van der Waals surface area contributed by atoms with E-state index >= 15 is 0 Å². The van der Waals surface area contributed by atoms with E-state index in [1.165, 1.54) is 0 Å². The number of benzene rings is 1. The second-order valence-corrected chi connectivity index (χ2v) is 4.76. The predicted octanol–water partition coefficient (Wildman–Crippen LogP) is 0.773. The smallest absolute Gasteiger partial charge is 0.321 e. The van der Waals surface area contributed by atoms with Gasteiger partial charge in [0.15, 0.2) is 6.61 Å². The molecule has 0 aromatic heterocycles. The highest BCUT2D eigenvalue weighted by atomic mass is 16.5. The molecular weight excluding hydrogens is 258 g/mol. The first-order chi connectivity index (χ1) is 9.67. The van der Waals surface area contributed by atoms with Crippen LogP contribution in [0, 0.1) is 0 Å². The molecule has 1 aromatic carbocycles. The SMILES string of the molecule is CNCc1ccc(OCC(=O)NC(=O)NC2CC2)cc1. The summed E-state index contributed by atoms with van der Waals surface area (Å²) in [5.41, 5.74) is 1.13. The first-order valence-corrected chi connectivity index (χ1v) is 6.64. The van der Waals surface area contributed by atoms with Gasteiger partial charge in [-0.25, -0.2) is 4.79 Å². The molecule has 0 saturated heterocycles. The van der Waals surface area contributed by atoms with E-state index < -0.39 is 11.9 Å². The van der Waals surface area contributed by atoms with Gasteiger partial charge in [0.1, 0.15) is 5.75 Å². The Hall–Kier alpha value is -2.08. The Balaban J connectivity index is 1.70. The van der Waals surface area contributed by atoms with Crippen LogP contribution >= 0.6 is 0 Å². The molecule has 0 aliphatic heterocycles. The van der Waals surface area contributed by atoms with Crippen molar-refractivity contribution in [1.82, 2.24) is 16.0 Å². The number of amides is 3. The van der Waals surface area contributed by atoms with Gasteiger partial charge in [-0.05, 0) is 37.6 Å². The molecule has 2 rings (SSSR count). The number of nitrogens with one attached hydrogen (secondary N) is 3. The van der Waals surface area contributed by atoms with Gasteiger partial charge < -0.3 is 15.4 Å². The number of rotatable bonds is 6. The molecule has 1 fully saturated rings. The Morgan fingerprint density at radius 3 is 2.55 bits per heavy atom. The summed E-state index contributed by atoms with van der Waals surface area (Å²) >= 11 is 0. The average molecular weight is 277 g/mol. The largest absolute Gasteiger partial charge is 0.484 e. The van der Waals surface area contributed by atoms with Crippen LogP contribution in [0.5, 0.6) is 5.75 Å². The molecule has 0 atom stereocenters. The second kappa shape index (κ2) is 6.91. The summed E-state index contributed by atoms with van der Waals surface area (Å²) in [6.07, 6.45) is 1.97. The lowest BCUT2D eigenvalue weighted by Crippen LogP contribution is -2.42. The van der Waals surface area contributed by atoms with Crippen LogP contribution in [-0.2, 0) is 11.3 Å². The van der Waals surface area contributed by atoms with Gasteiger partial charge in [0.25, 0.3) is 5.91 Å². The minimum absolute atomic E-state index is 0.177. The van der Waals surface area contributed by atoms with Crippen LogP contribution in [0.25, 0.3) is 0 Å². The van der Waals surface area contributed by atoms with Crippen LogP contribution < -0.4 is 20.7 Å². The highest BCUT2D eigenvalue weighted by Gasteiger charge is 2.23. The molecule has 0 heterocycles. The lowest BCUT2D eigenvalue weighted by Gasteiger charge is -2.08. The number of imide groups is 1. The number of urea groups is 1. The summed E-state index contributed by atoms with van der Waals surface area (Å²) < 4.78 is 5.31. The molecule has 0 bridgehead atoms. The monoisotopic (exact) mass is 277 g/mol. The predicted molar refractivity (Wildman–Crippen MR) is 74.4 cm³/mol. The van der Waals surface area contributed by atoms with Crippen molar-refractivity contribution in [3.63, 3.8) is 0 Å². The Bertz CT molecular complexity index is 469. The van der Waals surface area contributed by atoms with Gasteiger partial charge in [-0.3, -0.25) is 10.1 Å². The molecular formula is C14H19N3O3. The quantitative estimate of drug-likeness (QED) is 0.717. The van der Waals surface area contributed by atoms with E-state index in [0.717, 1.165) is 24.9 Å². The Labute approximate surface area is 117 Å². The van der Waals surface area contributed by atoms with E-state index in [0.29, 0.717) is 5.75 Å². The molecule has 0 spiro atoms. The third-order valence-electron chi connectivity index (χ3n) is 2.84. The van der Waals surface area contributed by atoms with Crippen LogP contribution in [0.1, 0.15) is 18.4 Å². The zero-order valence-corrected chi connectivity index (χ0v) is 11.4. The standard InChI is InChI=1S/C14H19N3O3/c1-15-8-10-2-6-12(7-3-10)20-9-13(18)17-14(19)16-11-4-5-11/h2-3,6-7,11,15H,4-5,8-9H2,1H3,(H2,16,17,18,19). The van der Waals surface area contributed by atoms with E-state index in [4.69, 9.17) is 4.74 Å². The van der Waals surface area contributed by atoms with Crippen molar-refractivity contribution in [1.29, 1.82) is 0 Å². The van der Waals surface area contributed by atoms with Gasteiger partial charge in [-0.2, -0.15) is 0 Å². The molecule has 1 saturated carbocycles. The topological polar surface area (TPSA) is 79.5 Å². The first-order valence-electron chi connectivity index (χ1n) is 6.64. The van der Waals surface area contributed by atoms with Gasteiger partial charge in [0.05, 0.1) is 0 Å². The normalized spacial score (nSPS) is 13.7. The highest BCUT2D eigenvalue weighted by molar-refractivity contribution is 5.95. The maximum atomic E-state index is 11.5. The molecule has 6 heteroatoms. The van der Waals surface area contributed by atoms with Crippen molar-refractivity contribution in [3.05, 3.63) is 29.8 Å². The van der Waals surface area contributed by atoms with Crippen LogP contribution in [0.4, 0.5) is 4.79 Å². The average Bonchev–Trinajstić information content (AvgIpc) is 3.22. The van der Waals surface area contributed by atoms with Crippen molar-refractivity contribution < 1.29 is 14.3 Å². The zero-order valence-electron chi connectivity index (χ0n) is 11.4. The zero-order chi connectivity index (χ0) is 14.4. The van der Waals surface area contributed by atoms with E-state index in [1.54, 1.807) is 12.1 Å². The van der Waals surface area contributed by atoms with Crippen molar-refractivity contribution in [2.75, 3.05) is 13.7 Å². The molecule has 108 valence electrons. The Morgan fingerprint density at radius 2 is 1.95 bits per heavy atom. The number of carbonyl (C=O) groups is 2. The van der Waals surface area contributed by atoms with Crippen LogP contribution in [-0.4, -0.2) is 31.6 Å². The fourth-order valence-corrected chi connectivity index (χ4v) is 1.67. The summed E-state index contributed by atoms with van der Waals surface area (Å²) in [6, 6.07) is 7.20. The van der Waals surface area contributed by atoms with E-state index in [9.17, 15) is 9.59 Å². The van der Waals surface area contributed by atoms with Crippen LogP contribution in [0.15, 0.2) is 24.3 Å². The van der Waals surface area contributed by atoms with Crippen LogP contribution in [0.2, 0.25) is 0 Å². The lowest BCUT2D eigenvalue weighted by atomic mass is 10.2. The fourth-order valence-electron chi connectivity index (χ4n) is 1.67. The summed E-state index contributed by atoms with van der Waals surface area (Å²) in [5, 5.41) is 7.95. The molecule has 1 aliphatic carbocycles. The van der Waals surface area contributed by atoms with E-state index in [2.05, 4.69) is 16.0 Å². The van der Waals surface area contributed by atoms with Gasteiger partial charge in [0.2, 0.25) is 0 Å². The maximum absolute atomic E-state index is 11.5. The Morgan fingerprint density at radius 1 is 1.25 bits per heavy atom. The molecule has 1 aromatic rings. The van der Waals surface area contributed by atoms with Crippen molar-refractivity contribution >= 4 is 11.9 Å². The van der Waals surface area contributed by atoms with Gasteiger partial charge in [-0.15, -0.1) is 0 Å². The fraction of sp³-hybridized carbons (Fsp3) is 0.429. The van der Waals surface area contributed by atoms with Gasteiger partial charge >= 0.3 is 6.03 Å². The summed E-state index contributed by atoms with van der Waals surface area (Å²) in [7, 11) is 1.88. The minimum Gasteiger partial charge on any atom is -0.484 e. The summed E-state index contributed by atoms with van der Waals surface area (Å²) in [5.74, 6) is 0.144. The minimum atomic E-state index is -0.456. The van der Waals surface area contributed by atoms with Crippen molar-refractivity contribution in [3.8, 4) is 5.75 Å². The molecule has 6 nitrogen and oxygen atoms in total. The third-order valence-corrected chi connectivity index (χ3v) is 2.84. The van der Waals surface area contributed by atoms with E-state index in [-0.39, 0.29) is 12.6 Å². The number of hydrogen-bond donors (Lipinski definition) is 3. The summed E-state index contributed by atoms with van der Waals surface area (Å²) in [4.78, 5) is 22.8. The van der Waals surface area contributed by atoms with Gasteiger partial charge in [-0.1, -0.05) is 12.1 Å². The lowest BCUT2D eigenvalue weighted by molar-refractivity contribution is -0.122. The Kier molecular flexibility index (Phi) is 4.95. The van der Waals surface area contributed by atoms with Crippen molar-refractivity contribution in [2.45, 2.75) is 25.4 Å². The first kappa shape index (κ1) is 14.3. The maximum Gasteiger partial charge on any atom is 0.321 e. The number of ether oxygens (including phenoxy) is 1. The number of carbonyl (C=O) groups excluding carboxylic acids is 2. The molecule has 3 amide bonds. The molecule has 0 radical (unpaired) electrons. The third kappa shape index (κ3) is 4.89. The van der Waals surface area contributed by atoms with Gasteiger partial charge in [0, 0.05) is 12.6 Å². The number of hydrogen-bond acceptors (Lipinski definition) is 4. The second-order valence-electron chi connectivity index (χ2n) is 4.76. The van der Waals surface area contributed by atoms with E-state index in [1.807, 2.05) is 19.2 Å². The molecule has 3 N–H and O–H groups in total. The summed E-state index contributed by atoms with van der Waals surface area (Å²) in [6.45, 7) is 0.603.